The number of aliphatic hydroxyl groups excluding tert-OH is 1. The minimum absolute atomic E-state index is 0.206. The Morgan fingerprint density at radius 3 is 2.46 bits per heavy atom. The standard InChI is InChI=1S/C24H27NO3/c26-23-9-3-17(4-10-23)20-13-19(16-1-7-22(25-28)8-2-16)14-21(15-20)18-5-11-24(27)12-6-18/h1-3,5,7-8,13,20-21,23,26H,4,6,9-12,14-15H2. The van der Waals surface area contributed by atoms with Gasteiger partial charge in [-0.15, -0.1) is 4.91 Å². The lowest BCUT2D eigenvalue weighted by Crippen LogP contribution is -2.22. The van der Waals surface area contributed by atoms with Crippen LogP contribution in [0.5, 0.6) is 0 Å². The summed E-state index contributed by atoms with van der Waals surface area (Å²) < 4.78 is 0. The topological polar surface area (TPSA) is 66.7 Å². The number of carbonyl (C=O) groups is 1. The van der Waals surface area contributed by atoms with Crippen molar-refractivity contribution in [1.82, 2.24) is 0 Å². The molecule has 0 saturated heterocycles. The Morgan fingerprint density at radius 1 is 1.00 bits per heavy atom. The fourth-order valence-corrected chi connectivity index (χ4v) is 4.81. The highest BCUT2D eigenvalue weighted by Crippen LogP contribution is 2.43. The van der Waals surface area contributed by atoms with Crippen LogP contribution in [0.3, 0.4) is 0 Å². The molecule has 0 heterocycles. The Kier molecular flexibility index (Phi) is 5.67. The minimum atomic E-state index is -0.206. The first-order valence-corrected chi connectivity index (χ1v) is 10.3. The highest BCUT2D eigenvalue weighted by Gasteiger charge is 2.30. The van der Waals surface area contributed by atoms with Gasteiger partial charge in [-0.05, 0) is 78.8 Å². The number of hydrogen-bond donors (Lipinski definition) is 1. The summed E-state index contributed by atoms with van der Waals surface area (Å²) in [5.74, 6) is 1.17. The van der Waals surface area contributed by atoms with Gasteiger partial charge in [0.2, 0.25) is 0 Å². The predicted molar refractivity (Wildman–Crippen MR) is 111 cm³/mol. The smallest absolute Gasteiger partial charge is 0.136 e. The Morgan fingerprint density at radius 2 is 1.82 bits per heavy atom. The molecule has 0 amide bonds. The molecule has 0 aromatic heterocycles. The van der Waals surface area contributed by atoms with E-state index in [0.717, 1.165) is 44.1 Å². The number of nitrogens with zero attached hydrogens (tertiary/aromatic N) is 1. The van der Waals surface area contributed by atoms with E-state index < -0.39 is 0 Å². The molecule has 3 aliphatic rings. The molecule has 0 spiro atoms. The van der Waals surface area contributed by atoms with Crippen molar-refractivity contribution in [2.24, 2.45) is 17.0 Å². The lowest BCUT2D eigenvalue weighted by atomic mass is 9.71. The molecule has 0 aliphatic heterocycles. The lowest BCUT2D eigenvalue weighted by molar-refractivity contribution is -0.118. The van der Waals surface area contributed by atoms with Crippen LogP contribution in [0.15, 0.2) is 58.8 Å². The fourth-order valence-electron chi connectivity index (χ4n) is 4.81. The number of rotatable bonds is 4. The number of Topliss-reactive ketones (excluding diaryl/α,β-unsaturated/α-hetero) is 1. The van der Waals surface area contributed by atoms with Crippen LogP contribution in [0.25, 0.3) is 5.57 Å². The third-order valence-electron chi connectivity index (χ3n) is 6.45. The van der Waals surface area contributed by atoms with E-state index in [2.05, 4.69) is 23.4 Å². The van der Waals surface area contributed by atoms with Gasteiger partial charge >= 0.3 is 0 Å². The van der Waals surface area contributed by atoms with Crippen molar-refractivity contribution in [3.05, 3.63) is 64.1 Å². The monoisotopic (exact) mass is 377 g/mol. The Balaban J connectivity index is 1.64. The first kappa shape index (κ1) is 19.0. The molecule has 146 valence electrons. The molecule has 1 aromatic carbocycles. The second-order valence-electron chi connectivity index (χ2n) is 8.30. The lowest BCUT2D eigenvalue weighted by Gasteiger charge is -2.34. The van der Waals surface area contributed by atoms with E-state index in [9.17, 15) is 14.8 Å². The summed E-state index contributed by atoms with van der Waals surface area (Å²) in [6.45, 7) is 0. The Hall–Kier alpha value is -2.33. The minimum Gasteiger partial charge on any atom is -0.393 e. The molecule has 3 atom stereocenters. The quantitative estimate of drug-likeness (QED) is 0.545. The summed E-state index contributed by atoms with van der Waals surface area (Å²) >= 11 is 0. The van der Waals surface area contributed by atoms with E-state index in [1.165, 1.54) is 16.7 Å². The SMILES string of the molecule is O=Nc1ccc(C2=CC(C3=CCC(O)CC3)CC(C3=CCC(=O)CC3)C2)cc1. The van der Waals surface area contributed by atoms with Gasteiger partial charge in [0.15, 0.2) is 0 Å². The summed E-state index contributed by atoms with van der Waals surface area (Å²) in [6, 6.07) is 7.52. The highest BCUT2D eigenvalue weighted by atomic mass is 16.3. The normalized spacial score (nSPS) is 28.2. The molecular weight excluding hydrogens is 350 g/mol. The van der Waals surface area contributed by atoms with Gasteiger partial charge in [0.25, 0.3) is 0 Å². The second kappa shape index (κ2) is 8.36. The van der Waals surface area contributed by atoms with Gasteiger partial charge in [0.1, 0.15) is 11.5 Å². The molecule has 0 fully saturated rings. The number of ketones is 1. The largest absolute Gasteiger partial charge is 0.393 e. The van der Waals surface area contributed by atoms with Gasteiger partial charge in [0, 0.05) is 12.8 Å². The molecule has 3 aliphatic carbocycles. The summed E-state index contributed by atoms with van der Waals surface area (Å²) in [5, 5.41) is 12.9. The van der Waals surface area contributed by atoms with Gasteiger partial charge in [0.05, 0.1) is 6.10 Å². The van der Waals surface area contributed by atoms with Crippen molar-refractivity contribution in [2.45, 2.75) is 57.5 Å². The average molecular weight is 377 g/mol. The summed E-state index contributed by atoms with van der Waals surface area (Å²) in [5.41, 5.74) is 5.77. The first-order valence-electron chi connectivity index (χ1n) is 10.3. The molecular formula is C24H27NO3. The zero-order valence-corrected chi connectivity index (χ0v) is 16.1. The van der Waals surface area contributed by atoms with Crippen LogP contribution in [-0.4, -0.2) is 17.0 Å². The molecule has 1 N–H and O–H groups in total. The number of hydrogen-bond acceptors (Lipinski definition) is 4. The van der Waals surface area contributed by atoms with E-state index >= 15 is 0 Å². The number of benzene rings is 1. The van der Waals surface area contributed by atoms with Crippen molar-refractivity contribution in [3.63, 3.8) is 0 Å². The van der Waals surface area contributed by atoms with Crippen molar-refractivity contribution in [1.29, 1.82) is 0 Å². The molecule has 4 rings (SSSR count). The summed E-state index contributed by atoms with van der Waals surface area (Å²) in [4.78, 5) is 22.4. The second-order valence-corrected chi connectivity index (χ2v) is 8.30. The number of carbonyl (C=O) groups excluding carboxylic acids is 1. The summed E-state index contributed by atoms with van der Waals surface area (Å²) in [7, 11) is 0. The maximum Gasteiger partial charge on any atom is 0.136 e. The first-order chi connectivity index (χ1) is 13.6. The van der Waals surface area contributed by atoms with Crippen LogP contribution < -0.4 is 0 Å². The van der Waals surface area contributed by atoms with Crippen molar-refractivity contribution < 1.29 is 9.90 Å². The van der Waals surface area contributed by atoms with Gasteiger partial charge in [-0.2, -0.15) is 0 Å². The van der Waals surface area contributed by atoms with Crippen molar-refractivity contribution >= 4 is 17.0 Å². The van der Waals surface area contributed by atoms with Gasteiger partial charge in [-0.25, -0.2) is 0 Å². The molecule has 1 aromatic rings. The molecule has 4 heteroatoms. The van der Waals surface area contributed by atoms with Crippen molar-refractivity contribution in [3.8, 4) is 0 Å². The molecule has 4 nitrogen and oxygen atoms in total. The van der Waals surface area contributed by atoms with Crippen molar-refractivity contribution in [2.75, 3.05) is 0 Å². The maximum atomic E-state index is 11.7. The Labute approximate surface area is 166 Å². The zero-order chi connectivity index (χ0) is 19.5. The zero-order valence-electron chi connectivity index (χ0n) is 16.1. The molecule has 0 saturated carbocycles. The number of allylic oxidation sites excluding steroid dienone is 5. The van der Waals surface area contributed by atoms with E-state index in [-0.39, 0.29) is 6.10 Å². The van der Waals surface area contributed by atoms with E-state index in [1.807, 2.05) is 12.1 Å². The number of nitroso groups, excluding NO2 is 1. The van der Waals surface area contributed by atoms with Crippen LogP contribution in [0, 0.1) is 16.7 Å². The Bertz CT molecular complexity index is 847. The van der Waals surface area contributed by atoms with Crippen LogP contribution in [-0.2, 0) is 4.79 Å². The van der Waals surface area contributed by atoms with E-state index in [4.69, 9.17) is 0 Å². The predicted octanol–water partition coefficient (Wildman–Crippen LogP) is 5.64. The fraction of sp³-hybridized carbons (Fsp3) is 0.458. The van der Waals surface area contributed by atoms with Gasteiger partial charge < -0.3 is 5.11 Å². The molecule has 28 heavy (non-hydrogen) atoms. The van der Waals surface area contributed by atoms with Crippen LogP contribution in [0.1, 0.15) is 56.9 Å². The maximum absolute atomic E-state index is 11.7. The number of aliphatic hydroxyl groups is 1. The van der Waals surface area contributed by atoms with Crippen LogP contribution >= 0.6 is 0 Å². The molecule has 0 bridgehead atoms. The van der Waals surface area contributed by atoms with Crippen LogP contribution in [0.2, 0.25) is 0 Å². The van der Waals surface area contributed by atoms with Crippen LogP contribution in [0.4, 0.5) is 5.69 Å². The van der Waals surface area contributed by atoms with E-state index in [0.29, 0.717) is 36.1 Å². The van der Waals surface area contributed by atoms with E-state index in [1.54, 1.807) is 12.1 Å². The highest BCUT2D eigenvalue weighted by molar-refractivity contribution is 5.81. The third-order valence-corrected chi connectivity index (χ3v) is 6.45. The third kappa shape index (κ3) is 4.22. The molecule has 0 radical (unpaired) electrons. The van der Waals surface area contributed by atoms with Gasteiger partial charge in [-0.3, -0.25) is 4.79 Å². The van der Waals surface area contributed by atoms with Gasteiger partial charge in [-0.1, -0.05) is 41.5 Å². The molecule has 3 unspecified atom stereocenters. The summed E-state index contributed by atoms with van der Waals surface area (Å²) in [6.07, 6.45) is 13.3. The average Bonchev–Trinajstić information content (AvgIpc) is 2.74.